The Kier molecular flexibility index (Phi) is 4.87. The fourth-order valence-corrected chi connectivity index (χ4v) is 3.44. The van der Waals surface area contributed by atoms with E-state index in [1.54, 1.807) is 6.07 Å². The first-order valence-electron chi connectivity index (χ1n) is 8.59. The van der Waals surface area contributed by atoms with Crippen molar-refractivity contribution in [2.45, 2.75) is 39.2 Å². The summed E-state index contributed by atoms with van der Waals surface area (Å²) < 4.78 is 0. The van der Waals surface area contributed by atoms with Gasteiger partial charge in [-0.3, -0.25) is 0 Å². The van der Waals surface area contributed by atoms with Crippen molar-refractivity contribution in [1.82, 2.24) is 5.32 Å². The van der Waals surface area contributed by atoms with Gasteiger partial charge in [0.2, 0.25) is 0 Å². The van der Waals surface area contributed by atoms with Gasteiger partial charge in [-0.1, -0.05) is 37.3 Å². The van der Waals surface area contributed by atoms with Gasteiger partial charge in [0.05, 0.1) is 6.04 Å². The molecule has 0 aromatic heterocycles. The van der Waals surface area contributed by atoms with Crippen LogP contribution in [0.15, 0.2) is 36.4 Å². The van der Waals surface area contributed by atoms with Crippen molar-refractivity contribution < 1.29 is 5.11 Å². The Balaban J connectivity index is 1.96. The summed E-state index contributed by atoms with van der Waals surface area (Å²) in [6.45, 7) is 6.39. The van der Waals surface area contributed by atoms with Crippen molar-refractivity contribution in [3.8, 4) is 5.75 Å². The second-order valence-corrected chi connectivity index (χ2v) is 6.27. The third kappa shape index (κ3) is 3.35. The van der Waals surface area contributed by atoms with E-state index in [-0.39, 0.29) is 6.04 Å². The molecule has 0 radical (unpaired) electrons. The first-order valence-corrected chi connectivity index (χ1v) is 8.59. The monoisotopic (exact) mass is 310 g/mol. The molecule has 0 amide bonds. The Bertz CT molecular complexity index is 681. The van der Waals surface area contributed by atoms with Crippen LogP contribution in [0.1, 0.15) is 42.1 Å². The topological polar surface area (TPSA) is 44.3 Å². The molecule has 23 heavy (non-hydrogen) atoms. The molecule has 0 fully saturated rings. The molecule has 2 aromatic carbocycles. The molecular formula is C20H26N2O. The Labute approximate surface area is 138 Å². The van der Waals surface area contributed by atoms with E-state index in [1.165, 1.54) is 22.4 Å². The second-order valence-electron chi connectivity index (χ2n) is 6.27. The van der Waals surface area contributed by atoms with Crippen LogP contribution in [0.2, 0.25) is 0 Å². The number of nitrogens with one attached hydrogen (secondary N) is 2. The summed E-state index contributed by atoms with van der Waals surface area (Å²) >= 11 is 0. The predicted octanol–water partition coefficient (Wildman–Crippen LogP) is 3.82. The first-order chi connectivity index (χ1) is 11.2. The molecule has 2 aromatic rings. The number of phenolic OH excluding ortho intramolecular Hbond substituents is 1. The third-order valence-electron chi connectivity index (χ3n) is 4.76. The van der Waals surface area contributed by atoms with E-state index in [4.69, 9.17) is 0 Å². The molecule has 0 saturated carbocycles. The summed E-state index contributed by atoms with van der Waals surface area (Å²) in [7, 11) is 0. The molecule has 3 N–H and O–H groups in total. The van der Waals surface area contributed by atoms with Gasteiger partial charge in [0.1, 0.15) is 5.75 Å². The third-order valence-corrected chi connectivity index (χ3v) is 4.76. The lowest BCUT2D eigenvalue weighted by molar-refractivity contribution is 0.465. The van der Waals surface area contributed by atoms with E-state index in [2.05, 4.69) is 36.6 Å². The zero-order chi connectivity index (χ0) is 16.2. The van der Waals surface area contributed by atoms with Gasteiger partial charge >= 0.3 is 0 Å². The van der Waals surface area contributed by atoms with Crippen molar-refractivity contribution in [3.63, 3.8) is 0 Å². The van der Waals surface area contributed by atoms with Gasteiger partial charge in [-0.2, -0.15) is 0 Å². The Morgan fingerprint density at radius 2 is 1.91 bits per heavy atom. The number of para-hydroxylation sites is 1. The highest BCUT2D eigenvalue weighted by atomic mass is 16.3. The number of benzene rings is 2. The maximum absolute atomic E-state index is 10.1. The molecular weight excluding hydrogens is 284 g/mol. The van der Waals surface area contributed by atoms with E-state index in [0.717, 1.165) is 37.9 Å². The average molecular weight is 310 g/mol. The van der Waals surface area contributed by atoms with Crippen molar-refractivity contribution in [2.24, 2.45) is 0 Å². The molecule has 3 rings (SSSR count). The molecule has 1 heterocycles. The van der Waals surface area contributed by atoms with Gasteiger partial charge in [0.25, 0.3) is 0 Å². The van der Waals surface area contributed by atoms with E-state index in [1.807, 2.05) is 18.2 Å². The first kappa shape index (κ1) is 15.9. The molecule has 3 nitrogen and oxygen atoms in total. The molecule has 0 bridgehead atoms. The van der Waals surface area contributed by atoms with Gasteiger partial charge < -0.3 is 15.7 Å². The molecule has 1 aliphatic heterocycles. The van der Waals surface area contributed by atoms with Crippen LogP contribution in [0.3, 0.4) is 0 Å². The number of hydrogen-bond donors (Lipinski definition) is 3. The van der Waals surface area contributed by atoms with Crippen LogP contribution >= 0.6 is 0 Å². The Morgan fingerprint density at radius 1 is 1.13 bits per heavy atom. The van der Waals surface area contributed by atoms with Crippen LogP contribution in [-0.4, -0.2) is 18.2 Å². The fourth-order valence-electron chi connectivity index (χ4n) is 3.44. The van der Waals surface area contributed by atoms with E-state index < -0.39 is 0 Å². The summed E-state index contributed by atoms with van der Waals surface area (Å²) in [6, 6.07) is 12.2. The largest absolute Gasteiger partial charge is 0.508 e. The minimum absolute atomic E-state index is 0.0733. The quantitative estimate of drug-likeness (QED) is 0.804. The lowest BCUT2D eigenvalue weighted by Gasteiger charge is -2.23. The fraction of sp³-hybridized carbons (Fsp3) is 0.400. The molecule has 0 spiro atoms. The van der Waals surface area contributed by atoms with Crippen LogP contribution in [0.5, 0.6) is 5.75 Å². The number of phenols is 1. The average Bonchev–Trinajstić information content (AvgIpc) is 2.81. The summed E-state index contributed by atoms with van der Waals surface area (Å²) in [6.07, 6.45) is 3.15. The number of hydrogen-bond acceptors (Lipinski definition) is 3. The van der Waals surface area contributed by atoms with Crippen molar-refractivity contribution in [3.05, 3.63) is 58.7 Å². The van der Waals surface area contributed by atoms with E-state index >= 15 is 0 Å². The molecule has 1 aliphatic rings. The van der Waals surface area contributed by atoms with Gasteiger partial charge in [-0.05, 0) is 62.0 Å². The number of fused-ring (bicyclic) bond motifs is 1. The minimum atomic E-state index is 0.0733. The smallest absolute Gasteiger partial charge is 0.120 e. The molecule has 3 heteroatoms. The zero-order valence-electron chi connectivity index (χ0n) is 14.0. The second kappa shape index (κ2) is 7.05. The lowest BCUT2D eigenvalue weighted by Crippen LogP contribution is -2.16. The highest BCUT2D eigenvalue weighted by molar-refractivity contribution is 5.62. The molecule has 0 saturated heterocycles. The molecule has 1 atom stereocenters. The number of anilines is 1. The van der Waals surface area contributed by atoms with Gasteiger partial charge in [-0.25, -0.2) is 0 Å². The number of aryl methyl sites for hydroxylation is 1. The summed E-state index contributed by atoms with van der Waals surface area (Å²) in [5.74, 6) is 0.356. The molecule has 1 unspecified atom stereocenters. The summed E-state index contributed by atoms with van der Waals surface area (Å²) in [5, 5.41) is 17.3. The number of rotatable bonds is 4. The highest BCUT2D eigenvalue weighted by Gasteiger charge is 2.18. The van der Waals surface area contributed by atoms with Gasteiger partial charge in [-0.15, -0.1) is 0 Å². The van der Waals surface area contributed by atoms with Crippen LogP contribution in [0.4, 0.5) is 5.69 Å². The SMILES string of the molecule is CCc1ccc2c(c1NC(C)c1ccccc1O)CCNCC2. The minimum Gasteiger partial charge on any atom is -0.508 e. The van der Waals surface area contributed by atoms with E-state index in [9.17, 15) is 5.11 Å². The van der Waals surface area contributed by atoms with Gasteiger partial charge in [0, 0.05) is 11.3 Å². The summed E-state index contributed by atoms with van der Waals surface area (Å²) in [4.78, 5) is 0. The van der Waals surface area contributed by atoms with Crippen molar-refractivity contribution in [1.29, 1.82) is 0 Å². The molecule has 0 aliphatic carbocycles. The lowest BCUT2D eigenvalue weighted by atomic mass is 9.95. The normalized spacial score (nSPS) is 15.6. The van der Waals surface area contributed by atoms with Crippen LogP contribution in [-0.2, 0) is 19.3 Å². The standard InChI is InChI=1S/C20H26N2O/c1-3-15-8-9-16-10-12-21-13-11-18(16)20(15)22-14(2)17-6-4-5-7-19(17)23/h4-9,14,21-23H,3,10-13H2,1-2H3. The Morgan fingerprint density at radius 3 is 2.70 bits per heavy atom. The van der Waals surface area contributed by atoms with Crippen molar-refractivity contribution in [2.75, 3.05) is 18.4 Å². The molecule has 122 valence electrons. The van der Waals surface area contributed by atoms with Gasteiger partial charge in [0.15, 0.2) is 0 Å². The van der Waals surface area contributed by atoms with Crippen LogP contribution in [0.25, 0.3) is 0 Å². The maximum atomic E-state index is 10.1. The number of aromatic hydroxyl groups is 1. The predicted molar refractivity (Wildman–Crippen MR) is 96.2 cm³/mol. The Hall–Kier alpha value is -2.00. The zero-order valence-corrected chi connectivity index (χ0v) is 14.0. The van der Waals surface area contributed by atoms with Crippen LogP contribution < -0.4 is 10.6 Å². The highest BCUT2D eigenvalue weighted by Crippen LogP contribution is 2.32. The van der Waals surface area contributed by atoms with E-state index in [0.29, 0.717) is 5.75 Å². The van der Waals surface area contributed by atoms with Crippen LogP contribution in [0, 0.1) is 0 Å². The maximum Gasteiger partial charge on any atom is 0.120 e. The van der Waals surface area contributed by atoms with Crippen molar-refractivity contribution >= 4 is 5.69 Å². The summed E-state index contributed by atoms with van der Waals surface area (Å²) in [5.41, 5.74) is 6.45.